The summed E-state index contributed by atoms with van der Waals surface area (Å²) in [7, 11) is 0. The Morgan fingerprint density at radius 1 is 0.244 bits per heavy atom. The van der Waals surface area contributed by atoms with E-state index in [9.17, 15) is 0 Å². The van der Waals surface area contributed by atoms with Crippen LogP contribution in [0.3, 0.4) is 0 Å². The van der Waals surface area contributed by atoms with Gasteiger partial charge in [0.2, 0.25) is 0 Å². The second kappa shape index (κ2) is 12.7. The minimum atomic E-state index is 1.03. The number of nitrogens with one attached hydrogen (secondary N) is 5. The van der Waals surface area contributed by atoms with E-state index in [1.54, 1.807) is 0 Å². The number of benzene rings is 6. The average Bonchev–Trinajstić information content (AvgIpc) is 3.02. The smallest absolute Gasteiger partial charge is 0.184 e. The molecule has 41 heavy (non-hydrogen) atoms. The van der Waals surface area contributed by atoms with Gasteiger partial charge in [-0.25, -0.2) is 0 Å². The number of hydrogen-bond donors (Lipinski definition) is 5. The lowest BCUT2D eigenvalue weighted by atomic mass is 10.2. The number of rotatable bonds is 10. The molecule has 6 aromatic carbocycles. The third-order valence-electron chi connectivity index (χ3n) is 6.53. The maximum Gasteiger partial charge on any atom is 0.184 e. The summed E-state index contributed by atoms with van der Waals surface area (Å²) in [5.74, 6) is 0. The quantitative estimate of drug-likeness (QED) is 0.126. The highest BCUT2D eigenvalue weighted by Gasteiger charge is 2.08. The summed E-state index contributed by atoms with van der Waals surface area (Å²) in [4.78, 5) is 0. The van der Waals surface area contributed by atoms with E-state index in [-0.39, 0.29) is 0 Å². The van der Waals surface area contributed by atoms with Crippen LogP contribution in [0.15, 0.2) is 158 Å². The zero-order valence-corrected chi connectivity index (χ0v) is 22.5. The third kappa shape index (κ3) is 7.40. The molecule has 6 aromatic rings. The van der Waals surface area contributed by atoms with E-state index in [0.29, 0.717) is 0 Å². The summed E-state index contributed by atoms with van der Waals surface area (Å²) < 4.78 is 0. The van der Waals surface area contributed by atoms with Crippen LogP contribution < -0.4 is 26.6 Å². The fourth-order valence-corrected chi connectivity index (χ4v) is 4.42. The van der Waals surface area contributed by atoms with Gasteiger partial charge in [0.25, 0.3) is 0 Å². The minimum Gasteiger partial charge on any atom is -0.356 e. The molecular weight excluding hydrogens is 502 g/mol. The molecule has 5 heteroatoms. The maximum atomic E-state index is 3.48. The molecule has 5 N–H and O–H groups in total. The van der Waals surface area contributed by atoms with Crippen LogP contribution in [0.4, 0.5) is 56.9 Å². The normalized spacial score (nSPS) is 10.6. The predicted molar refractivity (Wildman–Crippen MR) is 169 cm³/mol. The van der Waals surface area contributed by atoms with E-state index in [1.165, 1.54) is 0 Å². The molecule has 0 aliphatic rings. The largest absolute Gasteiger partial charge is 0.356 e. The lowest BCUT2D eigenvalue weighted by Gasteiger charge is -2.07. The minimum absolute atomic E-state index is 1.03. The highest BCUT2D eigenvalue weighted by atomic mass is 14.9. The highest BCUT2D eigenvalue weighted by molar-refractivity contribution is 5.64. The Morgan fingerprint density at radius 3 is 0.707 bits per heavy atom. The van der Waals surface area contributed by atoms with Crippen molar-refractivity contribution in [3.05, 3.63) is 158 Å². The van der Waals surface area contributed by atoms with Crippen molar-refractivity contribution in [1.82, 2.24) is 0 Å². The first-order valence-corrected chi connectivity index (χ1v) is 13.6. The van der Waals surface area contributed by atoms with Crippen molar-refractivity contribution in [2.24, 2.45) is 0 Å². The molecule has 0 amide bonds. The molecular formula is C36H31N5+2. The van der Waals surface area contributed by atoms with Gasteiger partial charge in [-0.3, -0.25) is 0 Å². The summed E-state index contributed by atoms with van der Waals surface area (Å²) in [6, 6.07) is 53.5. The molecule has 0 unspecified atom stereocenters. The summed E-state index contributed by atoms with van der Waals surface area (Å²) >= 11 is 0. The lowest BCUT2D eigenvalue weighted by Crippen LogP contribution is -2.70. The SMILES string of the molecule is c1ccc(Nc2ccc([NH+]c3ccc(Nc4ccc([NH+]c5ccc(Nc6ccccc6)cc5)cc4)cc3)cc2)cc1. The van der Waals surface area contributed by atoms with Crippen LogP contribution in [0, 0.1) is 0 Å². The van der Waals surface area contributed by atoms with Crippen molar-refractivity contribution < 1.29 is 10.6 Å². The molecule has 2 radical (unpaired) electrons. The summed E-state index contributed by atoms with van der Waals surface area (Å²) in [5.41, 5.74) is 10.4. The third-order valence-corrected chi connectivity index (χ3v) is 6.53. The standard InChI is InChI=1S/C36H31N5/c1-3-7-27(8-4-1)37-29-11-15-31(16-12-29)39-33-19-23-35(24-20-33)41-36-25-21-34(22-26-36)40-32-17-13-30(14-18-32)38-28-9-5-2-6-10-28/h1-26,37-41H/q+2. The second-order valence-corrected chi connectivity index (χ2v) is 9.67. The van der Waals surface area contributed by atoms with Crippen molar-refractivity contribution in [1.29, 1.82) is 0 Å². The Kier molecular flexibility index (Phi) is 8.00. The Morgan fingerprint density at radius 2 is 0.463 bits per heavy atom. The Hall–Kier alpha value is -5.36. The van der Waals surface area contributed by atoms with E-state index >= 15 is 0 Å². The first-order valence-electron chi connectivity index (χ1n) is 13.6. The first-order chi connectivity index (χ1) is 20.2. The Labute approximate surface area is 240 Å². The molecule has 0 aromatic heterocycles. The van der Waals surface area contributed by atoms with Gasteiger partial charge in [0.05, 0.1) is 0 Å². The van der Waals surface area contributed by atoms with Crippen LogP contribution in [0.5, 0.6) is 0 Å². The van der Waals surface area contributed by atoms with Gasteiger partial charge in [-0.05, 0) is 72.8 Å². The van der Waals surface area contributed by atoms with Gasteiger partial charge >= 0.3 is 0 Å². The van der Waals surface area contributed by atoms with E-state index in [0.717, 1.165) is 56.9 Å². The molecule has 0 aliphatic heterocycles. The number of anilines is 10. The van der Waals surface area contributed by atoms with E-state index < -0.39 is 0 Å². The van der Waals surface area contributed by atoms with Crippen LogP contribution in [0.25, 0.3) is 0 Å². The van der Waals surface area contributed by atoms with E-state index in [2.05, 4.69) is 148 Å². The molecule has 0 saturated carbocycles. The van der Waals surface area contributed by atoms with Crippen LogP contribution in [-0.2, 0) is 0 Å². The Balaban J connectivity index is 0.995. The van der Waals surface area contributed by atoms with Crippen LogP contribution in [-0.4, -0.2) is 0 Å². The van der Waals surface area contributed by atoms with Crippen molar-refractivity contribution in [3.63, 3.8) is 0 Å². The molecule has 198 valence electrons. The molecule has 0 atom stereocenters. The lowest BCUT2D eigenvalue weighted by molar-refractivity contribution is -0.479. The number of para-hydroxylation sites is 2. The van der Waals surface area contributed by atoms with Crippen molar-refractivity contribution in [3.8, 4) is 0 Å². The molecule has 0 aliphatic carbocycles. The van der Waals surface area contributed by atoms with Gasteiger partial charge < -0.3 is 16.0 Å². The van der Waals surface area contributed by atoms with Gasteiger partial charge in [-0.1, -0.05) is 36.4 Å². The Bertz CT molecular complexity index is 1520. The van der Waals surface area contributed by atoms with E-state index in [4.69, 9.17) is 0 Å². The molecule has 5 nitrogen and oxygen atoms in total. The molecule has 0 spiro atoms. The average molecular weight is 534 g/mol. The summed E-state index contributed by atoms with van der Waals surface area (Å²) in [6.07, 6.45) is 0. The van der Waals surface area contributed by atoms with Crippen molar-refractivity contribution in [2.45, 2.75) is 0 Å². The zero-order chi connectivity index (χ0) is 27.7. The highest BCUT2D eigenvalue weighted by Crippen LogP contribution is 2.21. The molecule has 0 saturated heterocycles. The second-order valence-electron chi connectivity index (χ2n) is 9.67. The maximum absolute atomic E-state index is 3.48. The van der Waals surface area contributed by atoms with Gasteiger partial charge in [0.15, 0.2) is 22.7 Å². The van der Waals surface area contributed by atoms with Gasteiger partial charge in [0, 0.05) is 82.7 Å². The van der Waals surface area contributed by atoms with Gasteiger partial charge in [0.1, 0.15) is 0 Å². The van der Waals surface area contributed by atoms with Gasteiger partial charge in [-0.2, -0.15) is 0 Å². The monoisotopic (exact) mass is 533 g/mol. The predicted octanol–water partition coefficient (Wildman–Crippen LogP) is 7.54. The molecule has 0 heterocycles. The van der Waals surface area contributed by atoms with Crippen molar-refractivity contribution >= 4 is 56.9 Å². The van der Waals surface area contributed by atoms with Crippen LogP contribution >= 0.6 is 0 Å². The molecule has 0 fully saturated rings. The van der Waals surface area contributed by atoms with E-state index in [1.807, 2.05) is 36.4 Å². The zero-order valence-electron chi connectivity index (χ0n) is 22.5. The first kappa shape index (κ1) is 25.9. The molecule has 6 rings (SSSR count). The fourth-order valence-electron chi connectivity index (χ4n) is 4.42. The fraction of sp³-hybridized carbons (Fsp3) is 0. The van der Waals surface area contributed by atoms with Gasteiger partial charge in [-0.15, -0.1) is 10.6 Å². The van der Waals surface area contributed by atoms with Crippen LogP contribution in [0.1, 0.15) is 0 Å². The van der Waals surface area contributed by atoms with Crippen LogP contribution in [0.2, 0.25) is 0 Å². The summed E-state index contributed by atoms with van der Waals surface area (Å²) in [5, 5.41) is 17.2. The summed E-state index contributed by atoms with van der Waals surface area (Å²) in [6.45, 7) is 0. The van der Waals surface area contributed by atoms with Crippen molar-refractivity contribution in [2.75, 3.05) is 16.0 Å². The topological polar surface area (TPSA) is 67.3 Å². The number of hydrogen-bond acceptors (Lipinski definition) is 5. The molecule has 0 bridgehead atoms.